The Morgan fingerprint density at radius 2 is 2.04 bits per heavy atom. The van der Waals surface area contributed by atoms with Gasteiger partial charge in [-0.25, -0.2) is 4.39 Å². The number of nitrogens with one attached hydrogen (secondary N) is 1. The minimum absolute atomic E-state index is 0.166. The van der Waals surface area contributed by atoms with Crippen molar-refractivity contribution in [1.29, 1.82) is 0 Å². The van der Waals surface area contributed by atoms with Gasteiger partial charge in [-0.1, -0.05) is 6.07 Å². The predicted molar refractivity (Wildman–Crippen MR) is 91.3 cm³/mol. The number of hydrogen-bond donors (Lipinski definition) is 1. The number of para-hydroxylation sites is 1. The predicted octanol–water partition coefficient (Wildman–Crippen LogP) is 3.94. The maximum Gasteiger partial charge on any atom is 0.300 e. The third kappa shape index (κ3) is 2.80. The number of ether oxygens (including phenoxy) is 1. The van der Waals surface area contributed by atoms with Crippen LogP contribution in [0.1, 0.15) is 6.92 Å². The maximum absolute atomic E-state index is 13.7. The molecule has 4 rings (SSSR count). The summed E-state index contributed by atoms with van der Waals surface area (Å²) < 4.78 is 24.6. The highest BCUT2D eigenvalue weighted by atomic mass is 19.1. The molecule has 1 fully saturated rings. The van der Waals surface area contributed by atoms with Crippen molar-refractivity contribution in [2.45, 2.75) is 13.0 Å². The molecule has 0 spiro atoms. The van der Waals surface area contributed by atoms with Crippen molar-refractivity contribution < 1.29 is 13.5 Å². The van der Waals surface area contributed by atoms with Gasteiger partial charge in [0.2, 0.25) is 0 Å². The molecule has 2 aromatic carbocycles. The molecule has 1 aliphatic heterocycles. The molecule has 0 bridgehead atoms. The Balaban J connectivity index is 1.53. The van der Waals surface area contributed by atoms with E-state index in [0.717, 1.165) is 31.1 Å². The number of anilines is 3. The third-order valence-electron chi connectivity index (χ3n) is 4.18. The lowest BCUT2D eigenvalue weighted by Crippen LogP contribution is -2.43. The zero-order chi connectivity index (χ0) is 16.5. The van der Waals surface area contributed by atoms with Crippen LogP contribution in [0.5, 0.6) is 0 Å². The van der Waals surface area contributed by atoms with Gasteiger partial charge in [0.1, 0.15) is 5.52 Å². The molecule has 0 aliphatic carbocycles. The second-order valence-corrected chi connectivity index (χ2v) is 5.90. The van der Waals surface area contributed by atoms with Crippen molar-refractivity contribution in [2.24, 2.45) is 0 Å². The van der Waals surface area contributed by atoms with Crippen LogP contribution in [-0.2, 0) is 4.74 Å². The average Bonchev–Trinajstić information content (AvgIpc) is 3.00. The minimum atomic E-state index is -0.412. The lowest BCUT2D eigenvalue weighted by molar-refractivity contribution is 0.0989. The van der Waals surface area contributed by atoms with E-state index in [1.54, 1.807) is 12.1 Å². The maximum atomic E-state index is 13.7. The standard InChI is InChI=1S/C18H18FN3O2/c1-12-11-23-10-9-22(12)14-7-5-13(6-8-14)20-18-21-16-4-2-3-15(19)17(16)24-18/h2-8,12H,9-11H2,1H3,(H,20,21). The Kier molecular flexibility index (Phi) is 3.82. The van der Waals surface area contributed by atoms with Crippen molar-refractivity contribution in [2.75, 3.05) is 30.0 Å². The lowest BCUT2D eigenvalue weighted by atomic mass is 10.2. The average molecular weight is 327 g/mol. The molecule has 24 heavy (non-hydrogen) atoms. The fraction of sp³-hybridized carbons (Fsp3) is 0.278. The van der Waals surface area contributed by atoms with Gasteiger partial charge in [-0.15, -0.1) is 0 Å². The fourth-order valence-corrected chi connectivity index (χ4v) is 2.94. The van der Waals surface area contributed by atoms with E-state index in [2.05, 4.69) is 22.1 Å². The smallest absolute Gasteiger partial charge is 0.300 e. The van der Waals surface area contributed by atoms with Crippen LogP contribution in [-0.4, -0.2) is 30.8 Å². The van der Waals surface area contributed by atoms with E-state index < -0.39 is 5.82 Å². The SMILES string of the molecule is CC1COCCN1c1ccc(Nc2nc3cccc(F)c3o2)cc1. The van der Waals surface area contributed by atoms with Crippen LogP contribution in [0.15, 0.2) is 46.9 Å². The first-order chi connectivity index (χ1) is 11.7. The van der Waals surface area contributed by atoms with Crippen molar-refractivity contribution in [1.82, 2.24) is 4.98 Å². The second-order valence-electron chi connectivity index (χ2n) is 5.90. The van der Waals surface area contributed by atoms with Crippen LogP contribution < -0.4 is 10.2 Å². The second kappa shape index (κ2) is 6.13. The summed E-state index contributed by atoms with van der Waals surface area (Å²) in [5, 5.41) is 3.07. The van der Waals surface area contributed by atoms with Gasteiger partial charge in [0.05, 0.1) is 13.2 Å². The monoisotopic (exact) mass is 327 g/mol. The third-order valence-corrected chi connectivity index (χ3v) is 4.18. The molecule has 3 aromatic rings. The number of rotatable bonds is 3. The summed E-state index contributed by atoms with van der Waals surface area (Å²) in [7, 11) is 0. The van der Waals surface area contributed by atoms with Gasteiger partial charge in [-0.2, -0.15) is 4.98 Å². The van der Waals surface area contributed by atoms with Crippen LogP contribution in [0.3, 0.4) is 0 Å². The molecular weight excluding hydrogens is 309 g/mol. The molecule has 1 atom stereocenters. The van der Waals surface area contributed by atoms with Crippen molar-refractivity contribution in [3.05, 3.63) is 48.3 Å². The molecule has 1 aliphatic rings. The summed E-state index contributed by atoms with van der Waals surface area (Å²) in [6.07, 6.45) is 0. The topological polar surface area (TPSA) is 50.5 Å². The highest BCUT2D eigenvalue weighted by Crippen LogP contribution is 2.26. The minimum Gasteiger partial charge on any atom is -0.420 e. The number of aromatic nitrogens is 1. The molecule has 2 heterocycles. The highest BCUT2D eigenvalue weighted by Gasteiger charge is 2.19. The zero-order valence-electron chi connectivity index (χ0n) is 13.3. The first-order valence-electron chi connectivity index (χ1n) is 7.97. The first kappa shape index (κ1) is 15.0. The van der Waals surface area contributed by atoms with E-state index in [4.69, 9.17) is 9.15 Å². The molecule has 0 radical (unpaired) electrons. The molecule has 5 nitrogen and oxygen atoms in total. The summed E-state index contributed by atoms with van der Waals surface area (Å²) >= 11 is 0. The Hall–Kier alpha value is -2.60. The van der Waals surface area contributed by atoms with Crippen LogP contribution >= 0.6 is 0 Å². The molecule has 1 unspecified atom stereocenters. The van der Waals surface area contributed by atoms with E-state index in [1.165, 1.54) is 6.07 Å². The lowest BCUT2D eigenvalue weighted by Gasteiger charge is -2.35. The quantitative estimate of drug-likeness (QED) is 0.790. The number of nitrogens with zero attached hydrogens (tertiary/aromatic N) is 2. The molecule has 1 N–H and O–H groups in total. The van der Waals surface area contributed by atoms with E-state index in [1.807, 2.05) is 24.3 Å². The summed E-state index contributed by atoms with van der Waals surface area (Å²) in [6, 6.07) is 13.3. The summed E-state index contributed by atoms with van der Waals surface area (Å²) in [5.41, 5.74) is 2.65. The molecule has 0 amide bonds. The van der Waals surface area contributed by atoms with Gasteiger partial charge in [-0.3, -0.25) is 0 Å². The number of oxazole rings is 1. The van der Waals surface area contributed by atoms with Gasteiger partial charge >= 0.3 is 0 Å². The van der Waals surface area contributed by atoms with Gasteiger partial charge < -0.3 is 19.4 Å². The van der Waals surface area contributed by atoms with Gasteiger partial charge in [-0.05, 0) is 43.3 Å². The van der Waals surface area contributed by atoms with Crippen molar-refractivity contribution >= 4 is 28.5 Å². The van der Waals surface area contributed by atoms with Crippen LogP contribution in [0.25, 0.3) is 11.1 Å². The van der Waals surface area contributed by atoms with Crippen LogP contribution in [0.2, 0.25) is 0 Å². The zero-order valence-corrected chi connectivity index (χ0v) is 13.3. The van der Waals surface area contributed by atoms with E-state index >= 15 is 0 Å². The molecule has 1 aromatic heterocycles. The van der Waals surface area contributed by atoms with Gasteiger partial charge in [0.15, 0.2) is 11.4 Å². The number of hydrogen-bond acceptors (Lipinski definition) is 5. The van der Waals surface area contributed by atoms with Crippen LogP contribution in [0.4, 0.5) is 21.8 Å². The molecule has 1 saturated heterocycles. The van der Waals surface area contributed by atoms with E-state index in [9.17, 15) is 4.39 Å². The Bertz CT molecular complexity index is 847. The summed E-state index contributed by atoms with van der Waals surface area (Å²) in [5.74, 6) is -0.412. The van der Waals surface area contributed by atoms with E-state index in [0.29, 0.717) is 11.6 Å². The molecule has 6 heteroatoms. The highest BCUT2D eigenvalue weighted by molar-refractivity contribution is 5.76. The molecular formula is C18H18FN3O2. The van der Waals surface area contributed by atoms with Crippen molar-refractivity contribution in [3.8, 4) is 0 Å². The number of halogens is 1. The van der Waals surface area contributed by atoms with Crippen LogP contribution in [0, 0.1) is 5.82 Å². The van der Waals surface area contributed by atoms with Gasteiger partial charge in [0, 0.05) is 24.0 Å². The normalized spacial score (nSPS) is 18.1. The number of morpholine rings is 1. The largest absolute Gasteiger partial charge is 0.420 e. The molecule has 124 valence electrons. The fourth-order valence-electron chi connectivity index (χ4n) is 2.94. The molecule has 0 saturated carbocycles. The van der Waals surface area contributed by atoms with E-state index in [-0.39, 0.29) is 11.6 Å². The summed E-state index contributed by atoms with van der Waals surface area (Å²) in [4.78, 5) is 6.57. The number of benzene rings is 2. The first-order valence-corrected chi connectivity index (χ1v) is 7.97. The number of fused-ring (bicyclic) bond motifs is 1. The Morgan fingerprint density at radius 1 is 1.21 bits per heavy atom. The van der Waals surface area contributed by atoms with Gasteiger partial charge in [0.25, 0.3) is 6.01 Å². The Morgan fingerprint density at radius 3 is 2.79 bits per heavy atom. The van der Waals surface area contributed by atoms with Crippen molar-refractivity contribution in [3.63, 3.8) is 0 Å². The summed E-state index contributed by atoms with van der Waals surface area (Å²) in [6.45, 7) is 4.53. The Labute approximate surface area is 139 Å².